The second-order valence-electron chi connectivity index (χ2n) is 11.7. The van der Waals surface area contributed by atoms with Gasteiger partial charge in [0.1, 0.15) is 23.2 Å². The summed E-state index contributed by atoms with van der Waals surface area (Å²) < 4.78 is 12.7. The first-order chi connectivity index (χ1) is 20.4. The standard InChI is InChI=1S/C34H38N2O6/c1-2-33-17-10-5-11-20-41-32(40)28(33)27-30(38)36(26(23-37)21-24-13-6-3-7-14-24)29-31(39)35(19-12-18-34(27,29)42-33)22-25-15-8-4-9-16-25/h3-4,6-10,12-18,26-29,37H,2,5,11,19-23H2,1H3/b17-10-/t26-,27+,28+,29?,33-,34+/m1/s1. The average molecular weight is 571 g/mol. The van der Waals surface area contributed by atoms with Gasteiger partial charge in [-0.15, -0.1) is 0 Å². The zero-order valence-electron chi connectivity index (χ0n) is 23.9. The summed E-state index contributed by atoms with van der Waals surface area (Å²) >= 11 is 0. The molecule has 4 aliphatic heterocycles. The van der Waals surface area contributed by atoms with Gasteiger partial charge in [0, 0.05) is 13.1 Å². The van der Waals surface area contributed by atoms with Crippen molar-refractivity contribution < 1.29 is 29.0 Å². The number of cyclic esters (lactones) is 1. The van der Waals surface area contributed by atoms with E-state index in [1.54, 1.807) is 4.90 Å². The Balaban J connectivity index is 1.48. The number of esters is 1. The molecule has 1 unspecified atom stereocenters. The molecule has 2 aromatic rings. The van der Waals surface area contributed by atoms with E-state index in [2.05, 4.69) is 0 Å². The van der Waals surface area contributed by atoms with Crippen LogP contribution in [0.15, 0.2) is 85.0 Å². The number of aliphatic hydroxyl groups is 1. The Hall–Kier alpha value is -3.75. The molecule has 220 valence electrons. The molecule has 2 fully saturated rings. The first-order valence-electron chi connectivity index (χ1n) is 15.0. The molecule has 6 atom stereocenters. The Morgan fingerprint density at radius 1 is 0.929 bits per heavy atom. The van der Waals surface area contributed by atoms with Crippen LogP contribution in [0.25, 0.3) is 0 Å². The lowest BCUT2D eigenvalue weighted by Crippen LogP contribution is -2.59. The minimum Gasteiger partial charge on any atom is -0.465 e. The second kappa shape index (κ2) is 11.5. The quantitative estimate of drug-likeness (QED) is 0.405. The number of aliphatic hydroxyl groups excluding tert-OH is 1. The molecular weight excluding hydrogens is 532 g/mol. The maximum Gasteiger partial charge on any atom is 0.313 e. The lowest BCUT2D eigenvalue weighted by molar-refractivity contribution is -0.163. The summed E-state index contributed by atoms with van der Waals surface area (Å²) in [6.07, 6.45) is 9.85. The molecule has 4 heterocycles. The number of hydrogen-bond acceptors (Lipinski definition) is 6. The third-order valence-electron chi connectivity index (χ3n) is 9.29. The Morgan fingerprint density at radius 3 is 2.33 bits per heavy atom. The van der Waals surface area contributed by atoms with Gasteiger partial charge in [-0.3, -0.25) is 14.4 Å². The van der Waals surface area contributed by atoms with Gasteiger partial charge in [0.2, 0.25) is 11.8 Å². The monoisotopic (exact) mass is 570 g/mol. The number of likely N-dealkylation sites (tertiary alicyclic amines) is 1. The fraction of sp³-hybridized carbons (Fsp3) is 0.441. The topological polar surface area (TPSA) is 96.4 Å². The maximum absolute atomic E-state index is 14.7. The van der Waals surface area contributed by atoms with Gasteiger partial charge >= 0.3 is 5.97 Å². The molecule has 0 saturated carbocycles. The van der Waals surface area contributed by atoms with Crippen molar-refractivity contribution in [3.63, 3.8) is 0 Å². The zero-order chi connectivity index (χ0) is 29.3. The van der Waals surface area contributed by atoms with E-state index in [0.29, 0.717) is 32.4 Å². The van der Waals surface area contributed by atoms with Crippen molar-refractivity contribution in [1.29, 1.82) is 0 Å². The van der Waals surface area contributed by atoms with Crippen molar-refractivity contribution in [3.8, 4) is 0 Å². The number of hydrogen-bond donors (Lipinski definition) is 1. The molecule has 0 bridgehead atoms. The van der Waals surface area contributed by atoms with Crippen molar-refractivity contribution in [3.05, 3.63) is 96.1 Å². The van der Waals surface area contributed by atoms with E-state index in [4.69, 9.17) is 9.47 Å². The third-order valence-corrected chi connectivity index (χ3v) is 9.29. The van der Waals surface area contributed by atoms with Crippen LogP contribution in [0, 0.1) is 11.8 Å². The van der Waals surface area contributed by atoms with Gasteiger partial charge in [0.05, 0.1) is 25.2 Å². The van der Waals surface area contributed by atoms with Gasteiger partial charge in [-0.2, -0.15) is 0 Å². The molecule has 0 aromatic heterocycles. The highest BCUT2D eigenvalue weighted by molar-refractivity contribution is 5.99. The van der Waals surface area contributed by atoms with Crippen LogP contribution in [0.1, 0.15) is 37.3 Å². The van der Waals surface area contributed by atoms with Crippen LogP contribution in [0.5, 0.6) is 0 Å². The Bertz CT molecular complexity index is 1380. The van der Waals surface area contributed by atoms with Gasteiger partial charge in [-0.05, 0) is 36.8 Å². The van der Waals surface area contributed by atoms with Crippen LogP contribution in [-0.4, -0.2) is 75.7 Å². The van der Waals surface area contributed by atoms with Crippen LogP contribution >= 0.6 is 0 Å². The van der Waals surface area contributed by atoms with E-state index in [9.17, 15) is 19.5 Å². The van der Waals surface area contributed by atoms with Crippen LogP contribution < -0.4 is 0 Å². The molecule has 2 saturated heterocycles. The lowest BCUT2D eigenvalue weighted by Gasteiger charge is -2.41. The van der Waals surface area contributed by atoms with E-state index in [-0.39, 0.29) is 25.0 Å². The lowest BCUT2D eigenvalue weighted by atomic mass is 9.73. The molecule has 1 N–H and O–H groups in total. The predicted octanol–water partition coefficient (Wildman–Crippen LogP) is 3.44. The van der Waals surface area contributed by atoms with Crippen LogP contribution in [-0.2, 0) is 36.8 Å². The minimum atomic E-state index is -1.40. The van der Waals surface area contributed by atoms with Gasteiger partial charge in [0.15, 0.2) is 0 Å². The third kappa shape index (κ3) is 4.67. The van der Waals surface area contributed by atoms with Gasteiger partial charge < -0.3 is 24.4 Å². The molecule has 2 amide bonds. The predicted molar refractivity (Wildman–Crippen MR) is 156 cm³/mol. The maximum atomic E-state index is 14.7. The number of carbonyl (C=O) groups excluding carboxylic acids is 3. The molecule has 1 spiro atoms. The van der Waals surface area contributed by atoms with E-state index in [1.165, 1.54) is 4.90 Å². The Morgan fingerprint density at radius 2 is 1.64 bits per heavy atom. The van der Waals surface area contributed by atoms with Crippen molar-refractivity contribution in [2.45, 2.75) is 62.4 Å². The van der Waals surface area contributed by atoms with E-state index < -0.39 is 41.1 Å². The Labute approximate surface area is 246 Å². The molecule has 8 heteroatoms. The minimum absolute atomic E-state index is 0.257. The summed E-state index contributed by atoms with van der Waals surface area (Å²) in [4.78, 5) is 46.4. The summed E-state index contributed by atoms with van der Waals surface area (Å²) in [7, 11) is 0. The molecule has 6 rings (SSSR count). The molecule has 4 aliphatic rings. The Kier molecular flexibility index (Phi) is 7.77. The van der Waals surface area contributed by atoms with Gasteiger partial charge in [-0.25, -0.2) is 0 Å². The van der Waals surface area contributed by atoms with Crippen LogP contribution in [0.3, 0.4) is 0 Å². The van der Waals surface area contributed by atoms with Gasteiger partial charge in [0.25, 0.3) is 0 Å². The number of carbonyl (C=O) groups is 3. The second-order valence-corrected chi connectivity index (χ2v) is 11.7. The van der Waals surface area contributed by atoms with Crippen LogP contribution in [0.2, 0.25) is 0 Å². The van der Waals surface area contributed by atoms with E-state index in [0.717, 1.165) is 17.5 Å². The summed E-state index contributed by atoms with van der Waals surface area (Å²) in [6.45, 7) is 2.54. The first-order valence-corrected chi connectivity index (χ1v) is 15.0. The van der Waals surface area contributed by atoms with E-state index in [1.807, 2.05) is 91.9 Å². The summed E-state index contributed by atoms with van der Waals surface area (Å²) in [6, 6.07) is 17.6. The van der Waals surface area contributed by atoms with Crippen LogP contribution in [0.4, 0.5) is 0 Å². The fourth-order valence-electron chi connectivity index (χ4n) is 7.34. The zero-order valence-corrected chi connectivity index (χ0v) is 23.9. The molecule has 2 aromatic carbocycles. The number of rotatable bonds is 7. The highest BCUT2D eigenvalue weighted by Gasteiger charge is 2.75. The molecule has 42 heavy (non-hydrogen) atoms. The van der Waals surface area contributed by atoms with Crippen molar-refractivity contribution >= 4 is 17.8 Å². The smallest absolute Gasteiger partial charge is 0.313 e. The summed E-state index contributed by atoms with van der Waals surface area (Å²) in [5, 5.41) is 10.7. The highest BCUT2D eigenvalue weighted by Crippen LogP contribution is 2.58. The number of ether oxygens (including phenoxy) is 2. The summed E-state index contributed by atoms with van der Waals surface area (Å²) in [5.74, 6) is -3.00. The largest absolute Gasteiger partial charge is 0.465 e. The number of nitrogens with zero attached hydrogens (tertiary/aromatic N) is 2. The number of benzene rings is 2. The number of fused-ring (bicyclic) bond motifs is 2. The molecule has 8 nitrogen and oxygen atoms in total. The highest BCUT2D eigenvalue weighted by atomic mass is 16.6. The number of amides is 2. The molecule has 0 aliphatic carbocycles. The van der Waals surface area contributed by atoms with Crippen molar-refractivity contribution in [2.75, 3.05) is 19.8 Å². The molecular formula is C34H38N2O6. The average Bonchev–Trinajstić information content (AvgIpc) is 3.40. The van der Waals surface area contributed by atoms with E-state index >= 15 is 0 Å². The van der Waals surface area contributed by atoms with Gasteiger partial charge in [-0.1, -0.05) is 91.9 Å². The summed E-state index contributed by atoms with van der Waals surface area (Å²) in [5.41, 5.74) is -0.596. The first kappa shape index (κ1) is 28.4. The van der Waals surface area contributed by atoms with Crippen molar-refractivity contribution in [1.82, 2.24) is 9.80 Å². The number of allylic oxidation sites excluding steroid dienone is 1. The SMILES string of the molecule is CC[C@@]12/C=C\CCCOC(=O)[C@@H]1[C@H]1C(=O)N([C@@H](CO)Cc3ccccc3)C3C(=O)N(Cc4ccccc4)CC=C[C@@]31O2. The normalized spacial score (nSPS) is 32.1. The molecule has 0 radical (unpaired) electrons. The fourth-order valence-corrected chi connectivity index (χ4v) is 7.34. The van der Waals surface area contributed by atoms with Crippen molar-refractivity contribution in [2.24, 2.45) is 11.8 Å².